The van der Waals surface area contributed by atoms with E-state index in [9.17, 15) is 4.79 Å². The first-order valence-electron chi connectivity index (χ1n) is 6.57. The van der Waals surface area contributed by atoms with Gasteiger partial charge in [-0.2, -0.15) is 0 Å². The summed E-state index contributed by atoms with van der Waals surface area (Å²) >= 11 is 3.39. The lowest BCUT2D eigenvalue weighted by molar-refractivity contribution is 0.0988. The van der Waals surface area contributed by atoms with Crippen LogP contribution in [0.1, 0.15) is 49.0 Å². The topological polar surface area (TPSA) is 26.3 Å². The van der Waals surface area contributed by atoms with Gasteiger partial charge in [-0.05, 0) is 36.6 Å². The van der Waals surface area contributed by atoms with E-state index in [1.54, 1.807) is 0 Å². The average molecular weight is 313 g/mol. The van der Waals surface area contributed by atoms with Crippen molar-refractivity contribution in [2.24, 2.45) is 0 Å². The Bertz CT molecular complexity index is 388. The summed E-state index contributed by atoms with van der Waals surface area (Å²) in [6, 6.07) is 5.79. The standard InChI is InChI=1S/C15H21BrO2/c1-3-6-13-11-12(14(17)4-2)7-8-15(13)18-10-5-9-16/h7-8,11H,3-6,9-10H2,1-2H3. The van der Waals surface area contributed by atoms with E-state index in [1.165, 1.54) is 0 Å². The average Bonchev–Trinajstić information content (AvgIpc) is 2.40. The SMILES string of the molecule is CCCc1cc(C(=O)CC)ccc1OCCCBr. The highest BCUT2D eigenvalue weighted by Crippen LogP contribution is 2.23. The van der Waals surface area contributed by atoms with Crippen molar-refractivity contribution in [3.05, 3.63) is 29.3 Å². The molecule has 0 aliphatic heterocycles. The number of alkyl halides is 1. The predicted molar refractivity (Wildman–Crippen MR) is 79.0 cm³/mol. The molecule has 0 radical (unpaired) electrons. The van der Waals surface area contributed by atoms with Crippen LogP contribution in [0.25, 0.3) is 0 Å². The number of benzene rings is 1. The number of rotatable bonds is 8. The molecule has 3 heteroatoms. The molecule has 100 valence electrons. The Hall–Kier alpha value is -0.830. The summed E-state index contributed by atoms with van der Waals surface area (Å²) in [5, 5.41) is 0.947. The maximum atomic E-state index is 11.7. The zero-order valence-electron chi connectivity index (χ0n) is 11.2. The fourth-order valence-electron chi connectivity index (χ4n) is 1.80. The zero-order valence-corrected chi connectivity index (χ0v) is 12.8. The molecule has 0 aliphatic rings. The number of carbonyl (C=O) groups excluding carboxylic acids is 1. The summed E-state index contributed by atoms with van der Waals surface area (Å²) in [7, 11) is 0. The summed E-state index contributed by atoms with van der Waals surface area (Å²) in [5.41, 5.74) is 1.94. The minimum absolute atomic E-state index is 0.194. The first-order chi connectivity index (χ1) is 8.72. The lowest BCUT2D eigenvalue weighted by Gasteiger charge is -2.12. The first kappa shape index (κ1) is 15.2. The lowest BCUT2D eigenvalue weighted by atomic mass is 10.0. The first-order valence-corrected chi connectivity index (χ1v) is 7.70. The number of carbonyl (C=O) groups is 1. The van der Waals surface area contributed by atoms with Gasteiger partial charge >= 0.3 is 0 Å². The highest BCUT2D eigenvalue weighted by molar-refractivity contribution is 9.09. The number of halogens is 1. The number of aryl methyl sites for hydroxylation is 1. The molecule has 0 atom stereocenters. The van der Waals surface area contributed by atoms with Crippen molar-refractivity contribution in [2.75, 3.05) is 11.9 Å². The summed E-state index contributed by atoms with van der Waals surface area (Å²) < 4.78 is 5.76. The molecule has 0 aliphatic carbocycles. The number of ether oxygens (including phenoxy) is 1. The molecule has 0 unspecified atom stereocenters. The van der Waals surface area contributed by atoms with Gasteiger partial charge in [0.05, 0.1) is 6.61 Å². The van der Waals surface area contributed by atoms with Crippen molar-refractivity contribution in [3.63, 3.8) is 0 Å². The monoisotopic (exact) mass is 312 g/mol. The van der Waals surface area contributed by atoms with Crippen LogP contribution in [-0.4, -0.2) is 17.7 Å². The van der Waals surface area contributed by atoms with Gasteiger partial charge < -0.3 is 4.74 Å². The van der Waals surface area contributed by atoms with Gasteiger partial charge in [0.2, 0.25) is 0 Å². The second kappa shape index (κ2) is 8.30. The van der Waals surface area contributed by atoms with Crippen molar-refractivity contribution in [1.82, 2.24) is 0 Å². The smallest absolute Gasteiger partial charge is 0.162 e. The fraction of sp³-hybridized carbons (Fsp3) is 0.533. The Kier molecular flexibility index (Phi) is 7.02. The van der Waals surface area contributed by atoms with Gasteiger partial charge in [-0.15, -0.1) is 0 Å². The quantitative estimate of drug-likeness (QED) is 0.404. The Morgan fingerprint density at radius 3 is 2.72 bits per heavy atom. The maximum absolute atomic E-state index is 11.7. The highest BCUT2D eigenvalue weighted by Gasteiger charge is 2.08. The molecule has 0 bridgehead atoms. The Morgan fingerprint density at radius 1 is 1.33 bits per heavy atom. The zero-order chi connectivity index (χ0) is 13.4. The van der Waals surface area contributed by atoms with Crippen LogP contribution >= 0.6 is 15.9 Å². The van der Waals surface area contributed by atoms with Gasteiger partial charge in [0.25, 0.3) is 0 Å². The number of Topliss-reactive ketones (excluding diaryl/α,β-unsaturated/α-hetero) is 1. The molecule has 2 nitrogen and oxygen atoms in total. The van der Waals surface area contributed by atoms with E-state index < -0.39 is 0 Å². The van der Waals surface area contributed by atoms with Crippen LogP contribution in [0.5, 0.6) is 5.75 Å². The summed E-state index contributed by atoms with van der Waals surface area (Å²) in [6.45, 7) is 4.74. The summed E-state index contributed by atoms with van der Waals surface area (Å²) in [5.74, 6) is 1.12. The predicted octanol–water partition coefficient (Wildman–Crippen LogP) is 4.40. The van der Waals surface area contributed by atoms with Crippen molar-refractivity contribution in [2.45, 2.75) is 39.5 Å². The number of ketones is 1. The molecule has 0 amide bonds. The number of hydrogen-bond donors (Lipinski definition) is 0. The molecule has 0 heterocycles. The van der Waals surface area contributed by atoms with Crippen molar-refractivity contribution < 1.29 is 9.53 Å². The van der Waals surface area contributed by atoms with E-state index in [1.807, 2.05) is 25.1 Å². The van der Waals surface area contributed by atoms with E-state index in [-0.39, 0.29) is 5.78 Å². The molecule has 1 rings (SSSR count). The molecule has 18 heavy (non-hydrogen) atoms. The van der Waals surface area contributed by atoms with Gasteiger partial charge in [0.15, 0.2) is 5.78 Å². The highest BCUT2D eigenvalue weighted by atomic mass is 79.9. The number of hydrogen-bond acceptors (Lipinski definition) is 2. The molecule has 0 aromatic heterocycles. The van der Waals surface area contributed by atoms with Crippen molar-refractivity contribution >= 4 is 21.7 Å². The molecule has 0 saturated heterocycles. The maximum Gasteiger partial charge on any atom is 0.162 e. The van der Waals surface area contributed by atoms with E-state index in [0.717, 1.165) is 41.5 Å². The van der Waals surface area contributed by atoms with Crippen LogP contribution in [0.4, 0.5) is 0 Å². The molecule has 0 spiro atoms. The van der Waals surface area contributed by atoms with Crippen LogP contribution in [-0.2, 0) is 6.42 Å². The van der Waals surface area contributed by atoms with E-state index in [2.05, 4.69) is 22.9 Å². The van der Waals surface area contributed by atoms with E-state index in [4.69, 9.17) is 4.74 Å². The van der Waals surface area contributed by atoms with Crippen LogP contribution in [0, 0.1) is 0 Å². The van der Waals surface area contributed by atoms with E-state index in [0.29, 0.717) is 13.0 Å². The normalized spacial score (nSPS) is 10.4. The lowest BCUT2D eigenvalue weighted by Crippen LogP contribution is -2.03. The van der Waals surface area contributed by atoms with Crippen molar-refractivity contribution in [3.8, 4) is 5.75 Å². The van der Waals surface area contributed by atoms with E-state index >= 15 is 0 Å². The van der Waals surface area contributed by atoms with Gasteiger partial charge in [0.1, 0.15) is 5.75 Å². The third-order valence-electron chi connectivity index (χ3n) is 2.76. The minimum atomic E-state index is 0.194. The van der Waals surface area contributed by atoms with Crippen LogP contribution in [0.3, 0.4) is 0 Å². The summed E-state index contributed by atoms with van der Waals surface area (Å²) in [4.78, 5) is 11.7. The van der Waals surface area contributed by atoms with Gasteiger partial charge in [-0.1, -0.05) is 36.2 Å². The van der Waals surface area contributed by atoms with Crippen LogP contribution < -0.4 is 4.74 Å². The summed E-state index contributed by atoms with van der Waals surface area (Å²) in [6.07, 6.45) is 3.55. The molecular weight excluding hydrogens is 292 g/mol. The third-order valence-corrected chi connectivity index (χ3v) is 3.32. The minimum Gasteiger partial charge on any atom is -0.493 e. The molecule has 0 saturated carbocycles. The van der Waals surface area contributed by atoms with Crippen molar-refractivity contribution in [1.29, 1.82) is 0 Å². The molecular formula is C15H21BrO2. The Balaban J connectivity index is 2.85. The largest absolute Gasteiger partial charge is 0.493 e. The van der Waals surface area contributed by atoms with Gasteiger partial charge in [-0.3, -0.25) is 4.79 Å². The van der Waals surface area contributed by atoms with Crippen LogP contribution in [0.15, 0.2) is 18.2 Å². The molecule has 1 aromatic carbocycles. The second-order valence-corrected chi connectivity index (χ2v) is 5.03. The molecule has 1 aromatic rings. The second-order valence-electron chi connectivity index (χ2n) is 4.24. The molecule has 0 fully saturated rings. The Labute approximate surface area is 118 Å². The van der Waals surface area contributed by atoms with Gasteiger partial charge in [0, 0.05) is 17.3 Å². The third kappa shape index (κ3) is 4.45. The van der Waals surface area contributed by atoms with Gasteiger partial charge in [-0.25, -0.2) is 0 Å². The Morgan fingerprint density at radius 2 is 2.11 bits per heavy atom. The fourth-order valence-corrected chi connectivity index (χ4v) is 2.03. The van der Waals surface area contributed by atoms with Crippen LogP contribution in [0.2, 0.25) is 0 Å². The molecule has 0 N–H and O–H groups in total.